The van der Waals surface area contributed by atoms with Crippen molar-refractivity contribution in [1.82, 2.24) is 8.75 Å². The molecule has 0 saturated carbocycles. The van der Waals surface area contributed by atoms with Gasteiger partial charge in [0.2, 0.25) is 0 Å². The van der Waals surface area contributed by atoms with Crippen molar-refractivity contribution in [3.05, 3.63) is 3.57 Å². The molecular weight excluding hydrogens is 333 g/mol. The molecule has 70 valence electrons. The molecule has 8 heteroatoms. The van der Waals surface area contributed by atoms with Gasteiger partial charge in [-0.2, -0.15) is 17.5 Å². The Kier molecular flexibility index (Phi) is 1.82. The van der Waals surface area contributed by atoms with Crippen LogP contribution in [-0.4, -0.2) is 8.75 Å². The van der Waals surface area contributed by atoms with E-state index in [4.69, 9.17) is 5.73 Å². The van der Waals surface area contributed by atoms with Gasteiger partial charge in [-0.3, -0.25) is 0 Å². The molecule has 0 saturated heterocycles. The van der Waals surface area contributed by atoms with Crippen LogP contribution in [0.4, 0.5) is 17.1 Å². The predicted molar refractivity (Wildman–Crippen MR) is 66.1 cm³/mol. The van der Waals surface area contributed by atoms with Gasteiger partial charge in [0.05, 0.1) is 32.3 Å². The second kappa shape index (κ2) is 2.94. The van der Waals surface area contributed by atoms with Gasteiger partial charge in [0.1, 0.15) is 22.4 Å². The largest absolute Gasteiger partial charge is 0.395 e. The molecule has 2 heterocycles. The highest BCUT2D eigenvalue weighted by Gasteiger charge is 2.20. The van der Waals surface area contributed by atoms with Gasteiger partial charge in [-0.15, -0.1) is 0 Å². The molecule has 0 radical (unpaired) electrons. The Morgan fingerprint density at radius 3 is 2.64 bits per heavy atom. The number of hydrogen-bond acceptors (Lipinski definition) is 6. The van der Waals surface area contributed by atoms with Crippen LogP contribution in [0.5, 0.6) is 0 Å². The highest BCUT2D eigenvalue weighted by atomic mass is 127. The van der Waals surface area contributed by atoms with E-state index in [1.54, 1.807) is 0 Å². The first kappa shape index (κ1) is 8.68. The van der Waals surface area contributed by atoms with Crippen LogP contribution in [0.3, 0.4) is 0 Å². The highest BCUT2D eigenvalue weighted by molar-refractivity contribution is 14.1. The van der Waals surface area contributed by atoms with E-state index in [0.29, 0.717) is 5.69 Å². The summed E-state index contributed by atoms with van der Waals surface area (Å²) in [6.07, 6.45) is 0. The van der Waals surface area contributed by atoms with Gasteiger partial charge >= 0.3 is 0 Å². The number of benzene rings is 1. The summed E-state index contributed by atoms with van der Waals surface area (Å²) in [5.74, 6) is 0. The van der Waals surface area contributed by atoms with Crippen LogP contribution in [-0.2, 0) is 11.4 Å². The number of anilines is 1. The van der Waals surface area contributed by atoms with E-state index in [9.17, 15) is 0 Å². The van der Waals surface area contributed by atoms with E-state index >= 15 is 0 Å². The molecule has 1 aromatic carbocycles. The van der Waals surface area contributed by atoms with E-state index in [0.717, 1.165) is 49.1 Å². The van der Waals surface area contributed by atoms with Gasteiger partial charge < -0.3 is 5.73 Å². The predicted octanol–water partition coefficient (Wildman–Crippen LogP) is 2.60. The Hall–Kier alpha value is -0.610. The van der Waals surface area contributed by atoms with E-state index < -0.39 is 0 Å². The average molecular weight is 335 g/mol. The van der Waals surface area contributed by atoms with Crippen LogP contribution >= 0.6 is 34.3 Å². The van der Waals surface area contributed by atoms with E-state index in [1.807, 2.05) is 0 Å². The minimum absolute atomic E-state index is 0.581. The fourth-order valence-corrected chi connectivity index (χ4v) is 3.46. The molecule has 5 nitrogen and oxygen atoms in total. The smallest absolute Gasteiger partial charge is 0.131 e. The lowest BCUT2D eigenvalue weighted by Gasteiger charge is -2.02. The van der Waals surface area contributed by atoms with Crippen LogP contribution in [0.1, 0.15) is 0 Å². The standard InChI is InChI=1S/C6H2IN5S2/c7-1-3-5(11-13-9-3)2(8)6-4(1)10-14-12-6/h8H2. The van der Waals surface area contributed by atoms with E-state index in [2.05, 4.69) is 40.1 Å². The Morgan fingerprint density at radius 2 is 1.79 bits per heavy atom. The summed E-state index contributed by atoms with van der Waals surface area (Å²) in [5, 5.41) is 0. The minimum atomic E-state index is 0.581. The fourth-order valence-electron chi connectivity index (χ4n) is 1.24. The zero-order chi connectivity index (χ0) is 9.71. The third kappa shape index (κ3) is 0.982. The zero-order valence-corrected chi connectivity index (χ0v) is 10.4. The molecule has 0 unspecified atom stereocenters. The lowest BCUT2D eigenvalue weighted by molar-refractivity contribution is 1.51. The minimum Gasteiger partial charge on any atom is -0.395 e. The van der Waals surface area contributed by atoms with Crippen molar-refractivity contribution in [2.45, 2.75) is 0 Å². The number of nitrogens with two attached hydrogens (primary N) is 1. The van der Waals surface area contributed by atoms with Crippen molar-refractivity contribution in [3.63, 3.8) is 0 Å². The monoisotopic (exact) mass is 335 g/mol. The summed E-state index contributed by atoms with van der Waals surface area (Å²) >= 11 is 4.52. The maximum Gasteiger partial charge on any atom is 0.131 e. The summed E-state index contributed by atoms with van der Waals surface area (Å²) in [7, 11) is 0. The molecule has 1 aromatic heterocycles. The van der Waals surface area contributed by atoms with E-state index in [1.165, 1.54) is 0 Å². The summed E-state index contributed by atoms with van der Waals surface area (Å²) in [4.78, 5) is 0. The van der Waals surface area contributed by atoms with Crippen molar-refractivity contribution in [2.24, 2.45) is 8.73 Å². The fraction of sp³-hybridized carbons (Fsp3) is 0. The Balaban J connectivity index is 2.59. The molecule has 0 spiro atoms. The van der Waals surface area contributed by atoms with Crippen LogP contribution < -0.4 is 5.73 Å². The van der Waals surface area contributed by atoms with Gasteiger partial charge in [-0.05, 0) is 22.6 Å². The third-order valence-corrected chi connectivity index (χ3v) is 3.98. The van der Waals surface area contributed by atoms with Crippen molar-refractivity contribution in [2.75, 3.05) is 5.73 Å². The molecule has 0 fully saturated rings. The van der Waals surface area contributed by atoms with Crippen molar-refractivity contribution in [3.8, 4) is 0 Å². The first-order valence-corrected chi connectivity index (χ1v) is 6.14. The van der Waals surface area contributed by atoms with Gasteiger partial charge in [0.15, 0.2) is 0 Å². The molecular formula is C6H2IN5S2. The van der Waals surface area contributed by atoms with Crippen LogP contribution in [0, 0.1) is 3.57 Å². The van der Waals surface area contributed by atoms with Crippen molar-refractivity contribution in [1.29, 1.82) is 0 Å². The molecule has 14 heavy (non-hydrogen) atoms. The average Bonchev–Trinajstić information content (AvgIpc) is 2.82. The van der Waals surface area contributed by atoms with Crippen LogP contribution in [0.2, 0.25) is 0 Å². The summed E-state index contributed by atoms with van der Waals surface area (Å²) < 4.78 is 17.6. The highest BCUT2D eigenvalue weighted by Crippen LogP contribution is 2.45. The summed E-state index contributed by atoms with van der Waals surface area (Å²) in [6, 6.07) is 0. The molecule has 3 rings (SSSR count). The number of hydrogen-bond donors (Lipinski definition) is 1. The Morgan fingerprint density at radius 1 is 1.07 bits per heavy atom. The Labute approximate surface area is 100 Å². The van der Waals surface area contributed by atoms with Crippen molar-refractivity contribution < 1.29 is 0 Å². The number of rotatable bonds is 0. The van der Waals surface area contributed by atoms with Crippen LogP contribution in [0.15, 0.2) is 8.73 Å². The number of halogens is 1. The number of fused-ring (bicyclic) bond motifs is 2. The zero-order valence-electron chi connectivity index (χ0n) is 6.56. The molecule has 1 aliphatic rings. The summed E-state index contributed by atoms with van der Waals surface area (Å²) in [5.41, 5.74) is 9.62. The first-order valence-electron chi connectivity index (χ1n) is 3.60. The molecule has 0 amide bonds. The SMILES string of the molecule is Nc1c2c(c(I)c3nsnc13)N=S=N2. The normalized spacial score (nSPS) is 13.2. The molecule has 2 N–H and O–H groups in total. The topological polar surface area (TPSA) is 76.5 Å². The lowest BCUT2D eigenvalue weighted by atomic mass is 10.2. The number of nitrogen functional groups attached to an aromatic ring is 1. The third-order valence-electron chi connectivity index (χ3n) is 1.90. The molecule has 1 aliphatic heterocycles. The molecule has 2 aromatic rings. The maximum atomic E-state index is 5.92. The Bertz CT molecular complexity index is 564. The van der Waals surface area contributed by atoms with Gasteiger partial charge in [-0.1, -0.05) is 0 Å². The van der Waals surface area contributed by atoms with E-state index in [-0.39, 0.29) is 0 Å². The van der Waals surface area contributed by atoms with Gasteiger partial charge in [0.25, 0.3) is 0 Å². The second-order valence-corrected chi connectivity index (χ2v) is 4.79. The number of nitrogens with zero attached hydrogens (tertiary/aromatic N) is 4. The van der Waals surface area contributed by atoms with Gasteiger partial charge in [-0.25, -0.2) is 0 Å². The van der Waals surface area contributed by atoms with Crippen LogP contribution in [0.25, 0.3) is 11.0 Å². The first-order chi connectivity index (χ1) is 6.79. The lowest BCUT2D eigenvalue weighted by Crippen LogP contribution is -1.89. The second-order valence-electron chi connectivity index (χ2n) is 2.65. The van der Waals surface area contributed by atoms with Crippen molar-refractivity contribution >= 4 is 73.8 Å². The quantitative estimate of drug-likeness (QED) is 0.507. The van der Waals surface area contributed by atoms with Gasteiger partial charge in [0, 0.05) is 0 Å². The molecule has 0 bridgehead atoms. The number of aromatic nitrogens is 2. The molecule has 0 atom stereocenters. The summed E-state index contributed by atoms with van der Waals surface area (Å²) in [6.45, 7) is 0. The molecule has 0 aliphatic carbocycles. The maximum absolute atomic E-state index is 5.92.